The van der Waals surface area contributed by atoms with Crippen LogP contribution in [0, 0.1) is 5.41 Å². The molecule has 7 heteroatoms. The predicted molar refractivity (Wildman–Crippen MR) is 71.7 cm³/mol. The summed E-state index contributed by atoms with van der Waals surface area (Å²) >= 11 is 0. The van der Waals surface area contributed by atoms with Crippen molar-refractivity contribution in [2.24, 2.45) is 11.1 Å². The molecular weight excluding hydrogens is 285 g/mol. The van der Waals surface area contributed by atoms with Gasteiger partial charge in [-0.15, -0.1) is 13.2 Å². The first kappa shape index (κ1) is 15.6. The van der Waals surface area contributed by atoms with Crippen LogP contribution < -0.4 is 15.8 Å². The molecule has 0 radical (unpaired) electrons. The van der Waals surface area contributed by atoms with E-state index in [-0.39, 0.29) is 17.7 Å². The standard InChI is InChI=1S/C14H17F3N2O2/c1-13(8-2-3-11(13)18)12(20)19-9-4-6-10(7-5-9)21-14(15,16)17/h4-7,11H,2-3,8,18H2,1H3,(H,19,20). The van der Waals surface area contributed by atoms with Gasteiger partial charge in [-0.05, 0) is 44.0 Å². The van der Waals surface area contributed by atoms with Crippen molar-refractivity contribution in [2.75, 3.05) is 5.32 Å². The minimum Gasteiger partial charge on any atom is -0.406 e. The third kappa shape index (κ3) is 3.66. The van der Waals surface area contributed by atoms with Gasteiger partial charge in [0.15, 0.2) is 0 Å². The van der Waals surface area contributed by atoms with Crippen LogP contribution >= 0.6 is 0 Å². The second-order valence-electron chi connectivity index (χ2n) is 5.44. The molecule has 1 aliphatic rings. The van der Waals surface area contributed by atoms with Gasteiger partial charge in [0.1, 0.15) is 5.75 Å². The van der Waals surface area contributed by atoms with E-state index >= 15 is 0 Å². The van der Waals surface area contributed by atoms with Crippen molar-refractivity contribution < 1.29 is 22.7 Å². The molecule has 2 rings (SSSR count). The lowest BCUT2D eigenvalue weighted by molar-refractivity contribution is -0.274. The largest absolute Gasteiger partial charge is 0.573 e. The Morgan fingerprint density at radius 1 is 1.38 bits per heavy atom. The number of halogens is 3. The Morgan fingerprint density at radius 3 is 2.48 bits per heavy atom. The van der Waals surface area contributed by atoms with Crippen LogP contribution in [-0.4, -0.2) is 18.3 Å². The molecule has 21 heavy (non-hydrogen) atoms. The van der Waals surface area contributed by atoms with Crippen molar-refractivity contribution in [3.8, 4) is 5.75 Å². The zero-order valence-corrected chi connectivity index (χ0v) is 11.5. The van der Waals surface area contributed by atoms with Gasteiger partial charge < -0.3 is 15.8 Å². The lowest BCUT2D eigenvalue weighted by Gasteiger charge is -2.27. The van der Waals surface area contributed by atoms with E-state index in [1.165, 1.54) is 12.1 Å². The Balaban J connectivity index is 2.02. The normalized spacial score (nSPS) is 25.7. The summed E-state index contributed by atoms with van der Waals surface area (Å²) in [5.74, 6) is -0.540. The molecular formula is C14H17F3N2O2. The van der Waals surface area contributed by atoms with Gasteiger partial charge in [-0.25, -0.2) is 0 Å². The van der Waals surface area contributed by atoms with Crippen molar-refractivity contribution in [3.05, 3.63) is 24.3 Å². The number of anilines is 1. The topological polar surface area (TPSA) is 64.3 Å². The zero-order chi connectivity index (χ0) is 15.7. The fraction of sp³-hybridized carbons (Fsp3) is 0.500. The first-order valence-electron chi connectivity index (χ1n) is 6.63. The Kier molecular flexibility index (Phi) is 4.13. The number of ether oxygens (including phenoxy) is 1. The first-order chi connectivity index (χ1) is 9.71. The second-order valence-corrected chi connectivity index (χ2v) is 5.44. The van der Waals surface area contributed by atoms with Gasteiger partial charge in [-0.1, -0.05) is 6.42 Å². The summed E-state index contributed by atoms with van der Waals surface area (Å²) in [7, 11) is 0. The van der Waals surface area contributed by atoms with Crippen molar-refractivity contribution in [1.29, 1.82) is 0 Å². The van der Waals surface area contributed by atoms with Crippen LogP contribution in [0.1, 0.15) is 26.2 Å². The molecule has 0 saturated heterocycles. The summed E-state index contributed by atoms with van der Waals surface area (Å²) in [5.41, 5.74) is 5.73. The number of hydrogen-bond acceptors (Lipinski definition) is 3. The fourth-order valence-corrected chi connectivity index (χ4v) is 2.49. The Bertz CT molecular complexity index is 516. The van der Waals surface area contributed by atoms with Crippen LogP contribution in [0.25, 0.3) is 0 Å². The molecule has 2 atom stereocenters. The van der Waals surface area contributed by atoms with Gasteiger partial charge in [-0.2, -0.15) is 0 Å². The number of nitrogens with two attached hydrogens (primary N) is 1. The van der Waals surface area contributed by atoms with Crippen molar-refractivity contribution >= 4 is 11.6 Å². The summed E-state index contributed by atoms with van der Waals surface area (Å²) in [5, 5.41) is 2.69. The molecule has 1 aromatic rings. The number of benzene rings is 1. The van der Waals surface area contributed by atoms with E-state index in [1.54, 1.807) is 6.92 Å². The molecule has 0 heterocycles. The maximum atomic E-state index is 12.3. The van der Waals surface area contributed by atoms with Crippen molar-refractivity contribution in [2.45, 2.75) is 38.6 Å². The Morgan fingerprint density at radius 2 is 2.00 bits per heavy atom. The van der Waals surface area contributed by atoms with Crippen LogP contribution in [0.15, 0.2) is 24.3 Å². The fourth-order valence-electron chi connectivity index (χ4n) is 2.49. The highest BCUT2D eigenvalue weighted by molar-refractivity contribution is 5.95. The zero-order valence-electron chi connectivity index (χ0n) is 11.5. The highest BCUT2D eigenvalue weighted by Crippen LogP contribution is 2.37. The summed E-state index contributed by atoms with van der Waals surface area (Å²) < 4.78 is 39.9. The van der Waals surface area contributed by atoms with E-state index in [0.29, 0.717) is 12.1 Å². The van der Waals surface area contributed by atoms with Crippen molar-refractivity contribution in [1.82, 2.24) is 0 Å². The number of rotatable bonds is 3. The minimum absolute atomic E-state index is 0.203. The molecule has 0 aliphatic heterocycles. The number of nitrogens with one attached hydrogen (secondary N) is 1. The molecule has 1 aromatic carbocycles. The second kappa shape index (κ2) is 5.55. The molecule has 0 spiro atoms. The summed E-state index contributed by atoms with van der Waals surface area (Å²) in [6.07, 6.45) is -2.34. The van der Waals surface area contributed by atoms with Gasteiger partial charge in [-0.3, -0.25) is 4.79 Å². The average molecular weight is 302 g/mol. The average Bonchev–Trinajstić information content (AvgIpc) is 2.72. The SMILES string of the molecule is CC1(C(=O)Nc2ccc(OC(F)(F)F)cc2)CCCC1N. The molecule has 1 saturated carbocycles. The number of hydrogen-bond donors (Lipinski definition) is 2. The maximum Gasteiger partial charge on any atom is 0.573 e. The van der Waals surface area contributed by atoms with E-state index in [2.05, 4.69) is 10.1 Å². The molecule has 4 nitrogen and oxygen atoms in total. The van der Waals surface area contributed by atoms with Crippen molar-refractivity contribution in [3.63, 3.8) is 0 Å². The molecule has 1 fully saturated rings. The van der Waals surface area contributed by atoms with Gasteiger partial charge in [0.2, 0.25) is 5.91 Å². The quantitative estimate of drug-likeness (QED) is 0.902. The van der Waals surface area contributed by atoms with Gasteiger partial charge in [0.25, 0.3) is 0 Å². The molecule has 1 amide bonds. The van der Waals surface area contributed by atoms with Crippen LogP contribution in [0.4, 0.5) is 18.9 Å². The highest BCUT2D eigenvalue weighted by atomic mass is 19.4. The first-order valence-corrected chi connectivity index (χ1v) is 6.63. The summed E-state index contributed by atoms with van der Waals surface area (Å²) in [6, 6.07) is 4.83. The third-order valence-electron chi connectivity index (χ3n) is 3.89. The van der Waals surface area contributed by atoms with E-state index in [4.69, 9.17) is 5.73 Å². The molecule has 1 aliphatic carbocycles. The summed E-state index contributed by atoms with van der Waals surface area (Å²) in [4.78, 5) is 12.3. The molecule has 116 valence electrons. The van der Waals surface area contributed by atoms with Crippen LogP contribution in [-0.2, 0) is 4.79 Å². The lowest BCUT2D eigenvalue weighted by Crippen LogP contribution is -2.44. The highest BCUT2D eigenvalue weighted by Gasteiger charge is 2.42. The summed E-state index contributed by atoms with van der Waals surface area (Å²) in [6.45, 7) is 1.81. The number of amides is 1. The van der Waals surface area contributed by atoms with Gasteiger partial charge in [0.05, 0.1) is 5.41 Å². The lowest BCUT2D eigenvalue weighted by atomic mass is 9.84. The molecule has 2 unspecified atom stereocenters. The van der Waals surface area contributed by atoms with Crippen LogP contribution in [0.3, 0.4) is 0 Å². The van der Waals surface area contributed by atoms with E-state index < -0.39 is 11.8 Å². The maximum absolute atomic E-state index is 12.3. The number of alkyl halides is 3. The monoisotopic (exact) mass is 302 g/mol. The molecule has 0 bridgehead atoms. The molecule has 3 N–H and O–H groups in total. The number of carbonyl (C=O) groups is 1. The van der Waals surface area contributed by atoms with Crippen LogP contribution in [0.5, 0.6) is 5.75 Å². The Labute approximate surface area is 120 Å². The predicted octanol–water partition coefficient (Wildman–Crippen LogP) is 3.04. The third-order valence-corrected chi connectivity index (χ3v) is 3.89. The van der Waals surface area contributed by atoms with Crippen LogP contribution in [0.2, 0.25) is 0 Å². The number of carbonyl (C=O) groups excluding carboxylic acids is 1. The Hall–Kier alpha value is -1.76. The van der Waals surface area contributed by atoms with E-state index in [9.17, 15) is 18.0 Å². The van der Waals surface area contributed by atoms with Gasteiger partial charge >= 0.3 is 6.36 Å². The smallest absolute Gasteiger partial charge is 0.406 e. The van der Waals surface area contributed by atoms with E-state index in [0.717, 1.165) is 25.0 Å². The minimum atomic E-state index is -4.73. The molecule has 0 aromatic heterocycles. The van der Waals surface area contributed by atoms with Gasteiger partial charge in [0, 0.05) is 11.7 Å². The van der Waals surface area contributed by atoms with E-state index in [1.807, 2.05) is 0 Å².